The van der Waals surface area contributed by atoms with Crippen molar-refractivity contribution in [3.63, 3.8) is 0 Å². The number of phenolic OH excluding ortho intramolecular Hbond substituents is 1. The number of unbranched alkanes of at least 4 members (excludes halogenated alkanes) is 23. The average molecular weight is 559 g/mol. The Morgan fingerprint density at radius 2 is 1.05 bits per heavy atom. The highest BCUT2D eigenvalue weighted by Crippen LogP contribution is 2.26. The maximum atomic E-state index is 11.9. The maximum Gasteiger partial charge on any atom is 0.330 e. The first-order valence-corrected chi connectivity index (χ1v) is 16.9. The summed E-state index contributed by atoms with van der Waals surface area (Å²) in [6.45, 7) is 2.77. The Bertz CT molecular complexity index is 742. The van der Waals surface area contributed by atoms with Crippen molar-refractivity contribution >= 4 is 12.0 Å². The van der Waals surface area contributed by atoms with Crippen molar-refractivity contribution < 1.29 is 19.4 Å². The summed E-state index contributed by atoms with van der Waals surface area (Å²) in [7, 11) is 1.50. The largest absolute Gasteiger partial charge is 0.504 e. The lowest BCUT2D eigenvalue weighted by Gasteiger charge is -2.05. The molecule has 230 valence electrons. The van der Waals surface area contributed by atoms with Crippen molar-refractivity contribution in [2.24, 2.45) is 0 Å². The van der Waals surface area contributed by atoms with Crippen LogP contribution in [0.1, 0.15) is 167 Å². The summed E-state index contributed by atoms with van der Waals surface area (Å²) in [5.74, 6) is 0.134. The first-order chi connectivity index (χ1) is 19.7. The van der Waals surface area contributed by atoms with Gasteiger partial charge in [-0.1, -0.05) is 161 Å². The van der Waals surface area contributed by atoms with Gasteiger partial charge in [0, 0.05) is 6.08 Å². The summed E-state index contributed by atoms with van der Waals surface area (Å²) >= 11 is 0. The van der Waals surface area contributed by atoms with Crippen LogP contribution in [0.25, 0.3) is 6.08 Å². The fraction of sp³-hybridized carbons (Fsp3) is 0.750. The van der Waals surface area contributed by atoms with Crippen LogP contribution < -0.4 is 4.74 Å². The van der Waals surface area contributed by atoms with Crippen molar-refractivity contribution in [1.29, 1.82) is 0 Å². The van der Waals surface area contributed by atoms with Crippen LogP contribution in [0.3, 0.4) is 0 Å². The average Bonchev–Trinajstić information content (AvgIpc) is 2.96. The van der Waals surface area contributed by atoms with Crippen LogP contribution >= 0.6 is 0 Å². The number of benzene rings is 1. The summed E-state index contributed by atoms with van der Waals surface area (Å²) in [5, 5.41) is 9.62. The fourth-order valence-corrected chi connectivity index (χ4v) is 5.25. The molecule has 0 radical (unpaired) electrons. The molecular weight excluding hydrogens is 496 g/mol. The second-order valence-corrected chi connectivity index (χ2v) is 11.6. The van der Waals surface area contributed by atoms with Gasteiger partial charge in [0.2, 0.25) is 0 Å². The van der Waals surface area contributed by atoms with E-state index in [1.165, 1.54) is 154 Å². The second-order valence-electron chi connectivity index (χ2n) is 11.6. The predicted molar refractivity (Wildman–Crippen MR) is 171 cm³/mol. The van der Waals surface area contributed by atoms with Crippen LogP contribution in [0.4, 0.5) is 0 Å². The van der Waals surface area contributed by atoms with Crippen LogP contribution in [0.2, 0.25) is 0 Å². The van der Waals surface area contributed by atoms with Gasteiger partial charge in [-0.3, -0.25) is 0 Å². The molecule has 0 spiro atoms. The third kappa shape index (κ3) is 21.8. The van der Waals surface area contributed by atoms with Gasteiger partial charge in [-0.15, -0.1) is 0 Å². The zero-order chi connectivity index (χ0) is 28.9. The summed E-state index contributed by atoms with van der Waals surface area (Å²) in [4.78, 5) is 11.9. The van der Waals surface area contributed by atoms with Crippen molar-refractivity contribution in [1.82, 2.24) is 0 Å². The molecule has 40 heavy (non-hydrogen) atoms. The molecule has 0 amide bonds. The number of hydrogen-bond acceptors (Lipinski definition) is 4. The van der Waals surface area contributed by atoms with Gasteiger partial charge in [-0.2, -0.15) is 0 Å². The monoisotopic (exact) mass is 558 g/mol. The van der Waals surface area contributed by atoms with Gasteiger partial charge in [0.05, 0.1) is 13.7 Å². The third-order valence-electron chi connectivity index (χ3n) is 7.86. The second kappa shape index (κ2) is 27.2. The van der Waals surface area contributed by atoms with Crippen molar-refractivity contribution in [3.8, 4) is 11.5 Å². The zero-order valence-electron chi connectivity index (χ0n) is 26.2. The molecular formula is C36H62O4. The lowest BCUT2D eigenvalue weighted by atomic mass is 10.0. The minimum atomic E-state index is -0.332. The standard InChI is InChI=1S/C36H62O4/c1-3-4-5-6-7-8-9-10-11-12-13-14-15-16-17-18-19-20-21-22-23-24-25-26-31-40-36(38)30-28-33-27-29-34(37)35(32-33)39-2/h27-30,32,37H,3-26,31H2,1-2H3. The molecule has 4 heteroatoms. The summed E-state index contributed by atoms with van der Waals surface area (Å²) in [6, 6.07) is 4.95. The highest BCUT2D eigenvalue weighted by Gasteiger charge is 2.02. The molecule has 0 unspecified atom stereocenters. The van der Waals surface area contributed by atoms with Crippen LogP contribution in [0, 0.1) is 0 Å². The number of phenols is 1. The fourth-order valence-electron chi connectivity index (χ4n) is 5.25. The molecule has 0 aliphatic heterocycles. The Hall–Kier alpha value is -1.97. The molecule has 0 aromatic heterocycles. The first kappa shape index (κ1) is 36.1. The number of carbonyl (C=O) groups is 1. The Labute approximate surface area is 247 Å². The van der Waals surface area contributed by atoms with E-state index in [1.807, 2.05) is 0 Å². The van der Waals surface area contributed by atoms with E-state index in [0.29, 0.717) is 12.4 Å². The Morgan fingerprint density at radius 3 is 1.45 bits per heavy atom. The van der Waals surface area contributed by atoms with Crippen LogP contribution in [-0.4, -0.2) is 24.8 Å². The third-order valence-corrected chi connectivity index (χ3v) is 7.86. The molecule has 0 aliphatic rings. The maximum absolute atomic E-state index is 11.9. The van der Waals surface area contributed by atoms with Crippen LogP contribution in [0.5, 0.6) is 11.5 Å². The van der Waals surface area contributed by atoms with E-state index in [-0.39, 0.29) is 11.7 Å². The van der Waals surface area contributed by atoms with E-state index in [0.717, 1.165) is 18.4 Å². The number of hydrogen-bond donors (Lipinski definition) is 1. The van der Waals surface area contributed by atoms with Crippen molar-refractivity contribution in [2.45, 2.75) is 161 Å². The number of aromatic hydroxyl groups is 1. The summed E-state index contributed by atoms with van der Waals surface area (Å²) in [5.41, 5.74) is 0.779. The van der Waals surface area contributed by atoms with Gasteiger partial charge >= 0.3 is 5.97 Å². The molecule has 0 saturated heterocycles. The van der Waals surface area contributed by atoms with Crippen molar-refractivity contribution in [3.05, 3.63) is 29.8 Å². The molecule has 0 saturated carbocycles. The smallest absolute Gasteiger partial charge is 0.330 e. The molecule has 1 N–H and O–H groups in total. The zero-order valence-corrected chi connectivity index (χ0v) is 26.2. The predicted octanol–water partition coefficient (Wildman–Crippen LogP) is 11.3. The molecule has 0 aliphatic carbocycles. The van der Waals surface area contributed by atoms with E-state index in [9.17, 15) is 9.90 Å². The number of ether oxygens (including phenoxy) is 2. The van der Waals surface area contributed by atoms with E-state index < -0.39 is 0 Å². The number of carbonyl (C=O) groups excluding carboxylic acids is 1. The number of esters is 1. The molecule has 0 atom stereocenters. The number of methoxy groups -OCH3 is 1. The molecule has 1 aromatic carbocycles. The topological polar surface area (TPSA) is 55.8 Å². The van der Waals surface area contributed by atoms with E-state index >= 15 is 0 Å². The lowest BCUT2D eigenvalue weighted by Crippen LogP contribution is -2.02. The van der Waals surface area contributed by atoms with Crippen LogP contribution in [-0.2, 0) is 9.53 Å². The Kier molecular flexibility index (Phi) is 24.5. The lowest BCUT2D eigenvalue weighted by molar-refractivity contribution is -0.137. The van der Waals surface area contributed by atoms with Gasteiger partial charge < -0.3 is 14.6 Å². The summed E-state index contributed by atoms with van der Waals surface area (Å²) in [6.07, 6.45) is 36.2. The Morgan fingerprint density at radius 1 is 0.650 bits per heavy atom. The van der Waals surface area contributed by atoms with E-state index in [1.54, 1.807) is 24.3 Å². The molecule has 1 aromatic rings. The normalized spacial score (nSPS) is 11.3. The van der Waals surface area contributed by atoms with Gasteiger partial charge in [0.15, 0.2) is 11.5 Å². The quantitative estimate of drug-likeness (QED) is 0.0631. The highest BCUT2D eigenvalue weighted by molar-refractivity contribution is 5.87. The van der Waals surface area contributed by atoms with E-state index in [4.69, 9.17) is 9.47 Å². The van der Waals surface area contributed by atoms with Gasteiger partial charge in [-0.25, -0.2) is 4.79 Å². The Balaban J connectivity index is 1.77. The van der Waals surface area contributed by atoms with Gasteiger partial charge in [0.1, 0.15) is 0 Å². The highest BCUT2D eigenvalue weighted by atomic mass is 16.5. The van der Waals surface area contributed by atoms with Crippen molar-refractivity contribution in [2.75, 3.05) is 13.7 Å². The van der Waals surface area contributed by atoms with Gasteiger partial charge in [-0.05, 0) is 30.2 Å². The minimum Gasteiger partial charge on any atom is -0.504 e. The number of rotatable bonds is 28. The SMILES string of the molecule is CCCCCCCCCCCCCCCCCCCCCCCCCCOC(=O)C=Cc1ccc(O)c(OC)c1. The molecule has 0 heterocycles. The van der Waals surface area contributed by atoms with E-state index in [2.05, 4.69) is 6.92 Å². The molecule has 0 fully saturated rings. The molecule has 4 nitrogen and oxygen atoms in total. The first-order valence-electron chi connectivity index (χ1n) is 16.9. The minimum absolute atomic E-state index is 0.0811. The molecule has 0 bridgehead atoms. The van der Waals surface area contributed by atoms with Crippen LogP contribution in [0.15, 0.2) is 24.3 Å². The van der Waals surface area contributed by atoms with Gasteiger partial charge in [0.25, 0.3) is 0 Å². The summed E-state index contributed by atoms with van der Waals surface area (Å²) < 4.78 is 10.4. The molecule has 1 rings (SSSR count).